The van der Waals surface area contributed by atoms with Gasteiger partial charge in [0.2, 0.25) is 0 Å². The van der Waals surface area contributed by atoms with Gasteiger partial charge in [-0.05, 0) is 49.4 Å². The number of rotatable bonds is 3. The van der Waals surface area contributed by atoms with E-state index in [9.17, 15) is 4.79 Å². The van der Waals surface area contributed by atoms with Gasteiger partial charge in [0.25, 0.3) is 5.91 Å². The van der Waals surface area contributed by atoms with Gasteiger partial charge in [-0.15, -0.1) is 0 Å². The fourth-order valence-corrected chi connectivity index (χ4v) is 2.65. The molecular weight excluding hydrogens is 250 g/mol. The number of carbonyl (C=O) groups is 1. The molecule has 0 bridgehead atoms. The molecule has 0 radical (unpaired) electrons. The Labute approximate surface area is 118 Å². The Morgan fingerprint density at radius 3 is 3.05 bits per heavy atom. The maximum atomic E-state index is 12.2. The minimum atomic E-state index is -0.0469. The van der Waals surface area contributed by atoms with Gasteiger partial charge in [0.05, 0.1) is 0 Å². The number of benzene rings is 1. The van der Waals surface area contributed by atoms with Gasteiger partial charge in [0, 0.05) is 23.1 Å². The van der Waals surface area contributed by atoms with E-state index in [0.717, 1.165) is 36.7 Å². The van der Waals surface area contributed by atoms with Gasteiger partial charge in [-0.3, -0.25) is 4.79 Å². The zero-order chi connectivity index (χ0) is 13.9. The van der Waals surface area contributed by atoms with E-state index in [2.05, 4.69) is 22.5 Å². The molecule has 1 aliphatic rings. The second-order valence-electron chi connectivity index (χ2n) is 5.39. The topological polar surface area (TPSA) is 70.9 Å². The molecule has 1 heterocycles. The van der Waals surface area contributed by atoms with Crippen LogP contribution >= 0.6 is 0 Å². The van der Waals surface area contributed by atoms with Crippen LogP contribution in [0.25, 0.3) is 10.9 Å². The molecule has 1 amide bonds. The third kappa shape index (κ3) is 2.69. The van der Waals surface area contributed by atoms with Crippen LogP contribution in [0, 0.1) is 5.92 Å². The maximum Gasteiger partial charge on any atom is 0.267 e. The second kappa shape index (κ2) is 5.41. The number of H-pyrrole nitrogens is 1. The molecule has 0 fully saturated rings. The van der Waals surface area contributed by atoms with Crippen LogP contribution < -0.4 is 11.1 Å². The highest BCUT2D eigenvalue weighted by molar-refractivity contribution is 5.98. The van der Waals surface area contributed by atoms with E-state index in [1.807, 2.05) is 24.3 Å². The van der Waals surface area contributed by atoms with E-state index in [4.69, 9.17) is 5.73 Å². The highest BCUT2D eigenvalue weighted by Gasteiger charge is 2.13. The molecule has 2 aromatic rings. The van der Waals surface area contributed by atoms with Crippen molar-refractivity contribution in [3.05, 3.63) is 42.1 Å². The predicted octanol–water partition coefficient (Wildman–Crippen LogP) is 2.84. The van der Waals surface area contributed by atoms with E-state index in [1.54, 1.807) is 0 Å². The van der Waals surface area contributed by atoms with Crippen molar-refractivity contribution in [2.24, 2.45) is 5.92 Å². The molecule has 0 saturated carbocycles. The number of aromatic nitrogens is 1. The van der Waals surface area contributed by atoms with Gasteiger partial charge >= 0.3 is 0 Å². The van der Waals surface area contributed by atoms with Crippen LogP contribution in [0.2, 0.25) is 0 Å². The third-order valence-electron chi connectivity index (χ3n) is 3.82. The largest absolute Gasteiger partial charge is 0.399 e. The molecule has 1 aromatic heterocycles. The zero-order valence-electron chi connectivity index (χ0n) is 11.4. The summed E-state index contributed by atoms with van der Waals surface area (Å²) in [5.41, 5.74) is 7.98. The van der Waals surface area contributed by atoms with Gasteiger partial charge in [0.1, 0.15) is 5.69 Å². The predicted molar refractivity (Wildman–Crippen MR) is 81.5 cm³/mol. The van der Waals surface area contributed by atoms with Crippen molar-refractivity contribution in [2.45, 2.75) is 19.3 Å². The molecule has 1 unspecified atom stereocenters. The lowest BCUT2D eigenvalue weighted by molar-refractivity contribution is 0.0942. The summed E-state index contributed by atoms with van der Waals surface area (Å²) in [7, 11) is 0. The lowest BCUT2D eigenvalue weighted by Crippen LogP contribution is -2.29. The Kier molecular flexibility index (Phi) is 3.46. The number of allylic oxidation sites excluding steroid dienone is 2. The quantitative estimate of drug-likeness (QED) is 0.592. The molecule has 104 valence electrons. The van der Waals surface area contributed by atoms with Crippen molar-refractivity contribution >= 4 is 22.5 Å². The zero-order valence-corrected chi connectivity index (χ0v) is 11.4. The number of amides is 1. The fraction of sp³-hybridized carbons (Fsp3) is 0.312. The van der Waals surface area contributed by atoms with Gasteiger partial charge < -0.3 is 16.0 Å². The number of nitrogens with two attached hydrogens (primary N) is 1. The molecule has 0 aliphatic heterocycles. The lowest BCUT2D eigenvalue weighted by Gasteiger charge is -2.17. The standard InChI is InChI=1S/C16H19N3O/c17-13-6-7-14-12(8-13)9-15(19-14)16(20)18-10-11-4-2-1-3-5-11/h1-2,6-9,11,19H,3-5,10,17H2,(H,18,20). The molecule has 4 nitrogen and oxygen atoms in total. The Hall–Kier alpha value is -2.23. The van der Waals surface area contributed by atoms with Gasteiger partial charge in [-0.2, -0.15) is 0 Å². The Balaban J connectivity index is 1.67. The highest BCUT2D eigenvalue weighted by atomic mass is 16.1. The summed E-state index contributed by atoms with van der Waals surface area (Å²) < 4.78 is 0. The fourth-order valence-electron chi connectivity index (χ4n) is 2.65. The Morgan fingerprint density at radius 2 is 2.25 bits per heavy atom. The molecule has 4 N–H and O–H groups in total. The molecule has 0 spiro atoms. The molecule has 3 rings (SSSR count). The normalized spacial score (nSPS) is 18.3. The van der Waals surface area contributed by atoms with Crippen LogP contribution in [0.5, 0.6) is 0 Å². The summed E-state index contributed by atoms with van der Waals surface area (Å²) in [6, 6.07) is 7.44. The SMILES string of the molecule is Nc1ccc2[nH]c(C(=O)NCC3CC=CCC3)cc2c1. The number of hydrogen-bond donors (Lipinski definition) is 3. The first-order valence-electron chi connectivity index (χ1n) is 7.04. The van der Waals surface area contributed by atoms with Crippen molar-refractivity contribution in [3.8, 4) is 0 Å². The molecule has 4 heteroatoms. The number of anilines is 1. The number of hydrogen-bond acceptors (Lipinski definition) is 2. The van der Waals surface area contributed by atoms with Crippen molar-refractivity contribution < 1.29 is 4.79 Å². The van der Waals surface area contributed by atoms with E-state index >= 15 is 0 Å². The minimum Gasteiger partial charge on any atom is -0.399 e. The second-order valence-corrected chi connectivity index (χ2v) is 5.39. The smallest absolute Gasteiger partial charge is 0.267 e. The lowest BCUT2D eigenvalue weighted by atomic mass is 9.94. The van der Waals surface area contributed by atoms with Crippen LogP contribution in [0.3, 0.4) is 0 Å². The molecule has 1 atom stereocenters. The van der Waals surface area contributed by atoms with Crippen molar-refractivity contribution in [1.82, 2.24) is 10.3 Å². The number of nitrogen functional groups attached to an aromatic ring is 1. The third-order valence-corrected chi connectivity index (χ3v) is 3.82. The van der Waals surface area contributed by atoms with Crippen LogP contribution in [0.15, 0.2) is 36.4 Å². The van der Waals surface area contributed by atoms with E-state index in [-0.39, 0.29) is 5.91 Å². The molecule has 0 saturated heterocycles. The number of nitrogens with one attached hydrogen (secondary N) is 2. The molecule has 1 aromatic carbocycles. The van der Waals surface area contributed by atoms with Crippen molar-refractivity contribution in [3.63, 3.8) is 0 Å². The first kappa shape index (κ1) is 12.8. The van der Waals surface area contributed by atoms with Crippen LogP contribution in [-0.2, 0) is 0 Å². The summed E-state index contributed by atoms with van der Waals surface area (Å²) in [5.74, 6) is 0.512. The van der Waals surface area contributed by atoms with Gasteiger partial charge in [0.15, 0.2) is 0 Å². The molecule has 20 heavy (non-hydrogen) atoms. The first-order valence-corrected chi connectivity index (χ1v) is 7.04. The summed E-state index contributed by atoms with van der Waals surface area (Å²) in [6.45, 7) is 0.737. The first-order chi connectivity index (χ1) is 9.72. The van der Waals surface area contributed by atoms with Crippen LogP contribution in [0.1, 0.15) is 29.8 Å². The maximum absolute atomic E-state index is 12.2. The average Bonchev–Trinajstić information content (AvgIpc) is 2.89. The Bertz CT molecular complexity index is 657. The van der Waals surface area contributed by atoms with Crippen molar-refractivity contribution in [1.29, 1.82) is 0 Å². The van der Waals surface area contributed by atoms with Gasteiger partial charge in [-0.25, -0.2) is 0 Å². The summed E-state index contributed by atoms with van der Waals surface area (Å²) in [6.07, 6.45) is 7.74. The molecular formula is C16H19N3O. The van der Waals surface area contributed by atoms with Crippen LogP contribution in [-0.4, -0.2) is 17.4 Å². The average molecular weight is 269 g/mol. The Morgan fingerprint density at radius 1 is 1.35 bits per heavy atom. The minimum absolute atomic E-state index is 0.0469. The summed E-state index contributed by atoms with van der Waals surface area (Å²) >= 11 is 0. The number of fused-ring (bicyclic) bond motifs is 1. The highest BCUT2D eigenvalue weighted by Crippen LogP contribution is 2.19. The van der Waals surface area contributed by atoms with E-state index < -0.39 is 0 Å². The van der Waals surface area contributed by atoms with E-state index in [0.29, 0.717) is 17.3 Å². The number of carbonyl (C=O) groups excluding carboxylic acids is 1. The van der Waals surface area contributed by atoms with Gasteiger partial charge in [-0.1, -0.05) is 12.2 Å². The number of aromatic amines is 1. The molecule has 1 aliphatic carbocycles. The van der Waals surface area contributed by atoms with Crippen LogP contribution in [0.4, 0.5) is 5.69 Å². The summed E-state index contributed by atoms with van der Waals surface area (Å²) in [5, 5.41) is 3.98. The monoisotopic (exact) mass is 269 g/mol. The van der Waals surface area contributed by atoms with E-state index in [1.165, 1.54) is 0 Å². The summed E-state index contributed by atoms with van der Waals surface area (Å²) in [4.78, 5) is 15.3. The van der Waals surface area contributed by atoms with Crippen molar-refractivity contribution in [2.75, 3.05) is 12.3 Å².